The first kappa shape index (κ1) is 23.0. The first-order chi connectivity index (χ1) is 13.6. The van der Waals surface area contributed by atoms with Gasteiger partial charge in [0.1, 0.15) is 6.10 Å². The molecule has 0 fully saturated rings. The van der Waals surface area contributed by atoms with Crippen molar-refractivity contribution in [2.24, 2.45) is 5.92 Å². The number of benzene rings is 1. The number of ether oxygens (including phenoxy) is 1. The molecule has 3 atom stereocenters. The van der Waals surface area contributed by atoms with Gasteiger partial charge < -0.3 is 30.3 Å². The first-order valence-corrected chi connectivity index (χ1v) is 10.1. The number of carbonyl (C=O) groups is 2. The summed E-state index contributed by atoms with van der Waals surface area (Å²) < 4.78 is 6.33. The summed E-state index contributed by atoms with van der Waals surface area (Å²) in [5.41, 5.74) is 0.826. The van der Waals surface area contributed by atoms with Crippen LogP contribution in [-0.4, -0.2) is 78.8 Å². The highest BCUT2D eigenvalue weighted by atomic mass is 16.5. The Morgan fingerprint density at radius 3 is 2.62 bits per heavy atom. The summed E-state index contributed by atoms with van der Waals surface area (Å²) >= 11 is 0. The van der Waals surface area contributed by atoms with Crippen LogP contribution < -0.4 is 15.4 Å². The zero-order valence-corrected chi connectivity index (χ0v) is 18.2. The largest absolute Gasteiger partial charge is 0.486 e. The van der Waals surface area contributed by atoms with Gasteiger partial charge in [-0.15, -0.1) is 0 Å². The van der Waals surface area contributed by atoms with E-state index in [1.807, 2.05) is 46.7 Å². The number of amides is 3. The highest BCUT2D eigenvalue weighted by molar-refractivity contribution is 6.01. The Morgan fingerprint density at radius 2 is 2.03 bits per heavy atom. The number of para-hydroxylation sites is 1. The van der Waals surface area contributed by atoms with Crippen LogP contribution in [0.15, 0.2) is 18.2 Å². The Kier molecular flexibility index (Phi) is 7.87. The smallest absolute Gasteiger partial charge is 0.319 e. The highest BCUT2D eigenvalue weighted by Gasteiger charge is 2.34. The minimum atomic E-state index is -0.357. The van der Waals surface area contributed by atoms with E-state index in [1.54, 1.807) is 23.1 Å². The maximum Gasteiger partial charge on any atom is 0.319 e. The fourth-order valence-electron chi connectivity index (χ4n) is 3.34. The van der Waals surface area contributed by atoms with Crippen molar-refractivity contribution in [1.82, 2.24) is 15.1 Å². The maximum atomic E-state index is 13.3. The summed E-state index contributed by atoms with van der Waals surface area (Å²) in [5, 5.41) is 15.3. The van der Waals surface area contributed by atoms with Crippen molar-refractivity contribution in [3.63, 3.8) is 0 Å². The number of aliphatic hydroxyl groups is 1. The Morgan fingerprint density at radius 1 is 1.34 bits per heavy atom. The standard InChI is InChI=1S/C21H34N4O4/c1-13(2)22-21(28)23-17-9-7-8-16-19(17)29-18(11-24(5)6)14(3)10-25(20(16)27)15(4)12-26/h7-9,13-15,18,26H,10-12H2,1-6H3,(H2,22,23,28)/t14-,15+,18-/m0/s1. The van der Waals surface area contributed by atoms with Crippen LogP contribution in [0.3, 0.4) is 0 Å². The maximum absolute atomic E-state index is 13.3. The molecule has 3 N–H and O–H groups in total. The number of carbonyl (C=O) groups excluding carboxylic acids is 2. The fraction of sp³-hybridized carbons (Fsp3) is 0.619. The molecule has 1 aromatic rings. The lowest BCUT2D eigenvalue weighted by atomic mass is 9.99. The molecule has 1 aromatic carbocycles. The van der Waals surface area contributed by atoms with Gasteiger partial charge in [-0.25, -0.2) is 4.79 Å². The van der Waals surface area contributed by atoms with E-state index in [0.717, 1.165) is 0 Å². The number of aliphatic hydroxyl groups excluding tert-OH is 1. The Balaban J connectivity index is 2.50. The molecule has 3 amide bonds. The molecule has 0 saturated heterocycles. The molecule has 1 heterocycles. The van der Waals surface area contributed by atoms with Gasteiger partial charge in [-0.05, 0) is 47.0 Å². The number of nitrogens with one attached hydrogen (secondary N) is 2. The van der Waals surface area contributed by atoms with Gasteiger partial charge in [-0.3, -0.25) is 4.79 Å². The quantitative estimate of drug-likeness (QED) is 0.672. The van der Waals surface area contributed by atoms with E-state index in [2.05, 4.69) is 10.6 Å². The van der Waals surface area contributed by atoms with Crippen molar-refractivity contribution in [3.05, 3.63) is 23.8 Å². The number of fused-ring (bicyclic) bond motifs is 1. The molecular formula is C21H34N4O4. The van der Waals surface area contributed by atoms with Gasteiger partial charge in [0.05, 0.1) is 23.9 Å². The first-order valence-electron chi connectivity index (χ1n) is 10.1. The van der Waals surface area contributed by atoms with Crippen LogP contribution in [-0.2, 0) is 0 Å². The number of nitrogens with zero attached hydrogens (tertiary/aromatic N) is 2. The number of hydrogen-bond donors (Lipinski definition) is 3. The lowest BCUT2D eigenvalue weighted by molar-refractivity contribution is 0.0365. The van der Waals surface area contributed by atoms with Crippen LogP contribution in [0.2, 0.25) is 0 Å². The van der Waals surface area contributed by atoms with Crippen LogP contribution in [0.5, 0.6) is 5.75 Å². The minimum Gasteiger partial charge on any atom is -0.486 e. The van der Waals surface area contributed by atoms with Gasteiger partial charge in [-0.1, -0.05) is 13.0 Å². The monoisotopic (exact) mass is 406 g/mol. The zero-order chi connectivity index (χ0) is 21.7. The van der Waals surface area contributed by atoms with Gasteiger partial charge in [0.25, 0.3) is 5.91 Å². The Bertz CT molecular complexity index is 723. The molecule has 8 nitrogen and oxygen atoms in total. The molecule has 0 radical (unpaired) electrons. The molecule has 1 aliphatic rings. The van der Waals surface area contributed by atoms with Crippen LogP contribution >= 0.6 is 0 Å². The number of rotatable bonds is 6. The van der Waals surface area contributed by atoms with Crippen molar-refractivity contribution in [2.75, 3.05) is 39.1 Å². The van der Waals surface area contributed by atoms with E-state index in [4.69, 9.17) is 4.74 Å². The second kappa shape index (κ2) is 9.93. The predicted molar refractivity (Wildman–Crippen MR) is 113 cm³/mol. The third kappa shape index (κ3) is 5.83. The molecule has 0 bridgehead atoms. The van der Waals surface area contributed by atoms with Crippen molar-refractivity contribution in [2.45, 2.75) is 45.9 Å². The molecule has 0 aliphatic carbocycles. The number of anilines is 1. The fourth-order valence-corrected chi connectivity index (χ4v) is 3.34. The lowest BCUT2D eigenvalue weighted by Gasteiger charge is -2.38. The second-order valence-electron chi connectivity index (χ2n) is 8.32. The summed E-state index contributed by atoms with van der Waals surface area (Å²) in [6.45, 7) is 8.61. The number of likely N-dealkylation sites (N-methyl/N-ethyl adjacent to an activating group) is 1. The van der Waals surface area contributed by atoms with Crippen LogP contribution in [0, 0.1) is 5.92 Å². The molecule has 29 heavy (non-hydrogen) atoms. The van der Waals surface area contributed by atoms with E-state index in [9.17, 15) is 14.7 Å². The van der Waals surface area contributed by atoms with Gasteiger partial charge in [-0.2, -0.15) is 0 Å². The van der Waals surface area contributed by atoms with Gasteiger partial charge in [0.15, 0.2) is 5.75 Å². The van der Waals surface area contributed by atoms with Crippen molar-refractivity contribution < 1.29 is 19.4 Å². The topological polar surface area (TPSA) is 94.1 Å². The van der Waals surface area contributed by atoms with Crippen LogP contribution in [0.25, 0.3) is 0 Å². The molecule has 0 unspecified atom stereocenters. The second-order valence-corrected chi connectivity index (χ2v) is 8.32. The number of hydrogen-bond acceptors (Lipinski definition) is 5. The highest BCUT2D eigenvalue weighted by Crippen LogP contribution is 2.34. The van der Waals surface area contributed by atoms with Crippen molar-refractivity contribution in [3.8, 4) is 5.75 Å². The van der Waals surface area contributed by atoms with Gasteiger partial charge >= 0.3 is 6.03 Å². The molecule has 0 saturated carbocycles. The van der Waals surface area contributed by atoms with Gasteiger partial charge in [0.2, 0.25) is 0 Å². The Labute approximate surface area is 173 Å². The third-order valence-electron chi connectivity index (χ3n) is 4.90. The summed E-state index contributed by atoms with van der Waals surface area (Å²) in [5.74, 6) is 0.176. The number of urea groups is 1. The van der Waals surface area contributed by atoms with Crippen LogP contribution in [0.4, 0.5) is 10.5 Å². The normalized spacial score (nSPS) is 20.6. The van der Waals surface area contributed by atoms with E-state index in [1.165, 1.54) is 0 Å². The van der Waals surface area contributed by atoms with E-state index < -0.39 is 0 Å². The SMILES string of the molecule is CC(C)NC(=O)Nc1cccc2c1O[C@@H](CN(C)C)[C@@H](C)CN([C@H](C)CO)C2=O. The average Bonchev–Trinajstić information content (AvgIpc) is 2.63. The zero-order valence-electron chi connectivity index (χ0n) is 18.2. The minimum absolute atomic E-state index is 0.0227. The van der Waals surface area contributed by atoms with Gasteiger partial charge in [0, 0.05) is 25.0 Å². The molecule has 1 aliphatic heterocycles. The van der Waals surface area contributed by atoms with E-state index in [0.29, 0.717) is 30.1 Å². The average molecular weight is 407 g/mol. The lowest BCUT2D eigenvalue weighted by Crippen LogP contribution is -2.49. The summed E-state index contributed by atoms with van der Waals surface area (Å²) in [4.78, 5) is 29.3. The van der Waals surface area contributed by atoms with Crippen LogP contribution in [0.1, 0.15) is 38.1 Å². The molecule has 0 aromatic heterocycles. The molecular weight excluding hydrogens is 372 g/mol. The van der Waals surface area contributed by atoms with E-state index in [-0.39, 0.29) is 42.7 Å². The summed E-state index contributed by atoms with van der Waals surface area (Å²) in [7, 11) is 3.94. The molecule has 0 spiro atoms. The third-order valence-corrected chi connectivity index (χ3v) is 4.90. The van der Waals surface area contributed by atoms with Crippen molar-refractivity contribution in [1.29, 1.82) is 0 Å². The molecule has 8 heteroatoms. The molecule has 162 valence electrons. The Hall–Kier alpha value is -2.32. The van der Waals surface area contributed by atoms with E-state index >= 15 is 0 Å². The summed E-state index contributed by atoms with van der Waals surface area (Å²) in [6, 6.07) is 4.44. The summed E-state index contributed by atoms with van der Waals surface area (Å²) in [6.07, 6.45) is -0.193. The predicted octanol–water partition coefficient (Wildman–Crippen LogP) is 2.00. The van der Waals surface area contributed by atoms with Crippen molar-refractivity contribution >= 4 is 17.6 Å². The molecule has 2 rings (SSSR count).